The minimum absolute atomic E-state index is 0.293. The molecule has 0 amide bonds. The van der Waals surface area contributed by atoms with Crippen LogP contribution in [0.3, 0.4) is 0 Å². The summed E-state index contributed by atoms with van der Waals surface area (Å²) in [5, 5.41) is 0. The molecule has 0 bridgehead atoms. The molecular weight excluding hydrogens is 509 g/mol. The summed E-state index contributed by atoms with van der Waals surface area (Å²) in [5.74, 6) is -0.293. The number of carbonyl (C=O) groups is 1. The van der Waals surface area contributed by atoms with Crippen molar-refractivity contribution < 1.29 is 9.53 Å². The fourth-order valence-electron chi connectivity index (χ4n) is 0.738. The second kappa shape index (κ2) is 5.10. The van der Waals surface area contributed by atoms with Crippen LogP contribution in [-0.4, -0.2) is 5.59 Å². The number of alkyl halides is 3. The summed E-state index contributed by atoms with van der Waals surface area (Å²) >= 11 is 6.15. The van der Waals surface area contributed by atoms with E-state index in [1.54, 1.807) is 12.1 Å². The third-order valence-corrected chi connectivity index (χ3v) is 1.88. The molecule has 0 aliphatic carbocycles. The van der Waals surface area contributed by atoms with Crippen molar-refractivity contribution in [2.45, 2.75) is -0.379 Å². The molecule has 0 N–H and O–H groups in total. The smallest absolute Gasteiger partial charge is 0.340 e. The highest BCUT2D eigenvalue weighted by molar-refractivity contribution is 14.3. The van der Waals surface area contributed by atoms with Crippen LogP contribution in [0.5, 0.6) is 0 Å². The molecule has 0 aromatic heterocycles. The lowest BCUT2D eigenvalue weighted by atomic mass is 10.2. The summed E-state index contributed by atoms with van der Waals surface area (Å²) in [6.45, 7) is 0. The molecule has 1 aromatic rings. The third kappa shape index (κ3) is 4.77. The number of halogens is 3. The maximum absolute atomic E-state index is 11.4. The fourth-order valence-corrected chi connectivity index (χ4v) is 1.34. The fraction of sp³-hybridized carbons (Fsp3) is 0.125. The summed E-state index contributed by atoms with van der Waals surface area (Å²) < 4.78 is 4.63. The maximum atomic E-state index is 11.4. The van der Waals surface area contributed by atoms with Gasteiger partial charge in [0.2, 0.25) is 0 Å². The molecule has 0 atom stereocenters. The third-order valence-electron chi connectivity index (χ3n) is 1.22. The first kappa shape index (κ1) is 12.0. The largest absolute Gasteiger partial charge is 0.426 e. The number of hydrogen-bond acceptors (Lipinski definition) is 2. The molecule has 0 unspecified atom stereocenters. The van der Waals surface area contributed by atoms with Gasteiger partial charge in [0.05, 0.1) is 5.56 Å². The monoisotopic (exact) mass is 514 g/mol. The lowest BCUT2D eigenvalue weighted by Gasteiger charge is -2.13. The van der Waals surface area contributed by atoms with Gasteiger partial charge < -0.3 is 4.74 Å². The van der Waals surface area contributed by atoms with Crippen molar-refractivity contribution in [3.05, 3.63) is 35.9 Å². The van der Waals surface area contributed by atoms with E-state index in [0.29, 0.717) is 5.56 Å². The van der Waals surface area contributed by atoms with Crippen LogP contribution in [0.15, 0.2) is 30.3 Å². The molecule has 2 nitrogen and oxygen atoms in total. The Bertz CT molecular complexity index is 292. The molecule has 0 saturated heterocycles. The number of hydrogen-bond donors (Lipinski definition) is 0. The highest BCUT2D eigenvalue weighted by Gasteiger charge is 2.23. The van der Waals surface area contributed by atoms with Crippen molar-refractivity contribution in [1.29, 1.82) is 0 Å². The van der Waals surface area contributed by atoms with Crippen molar-refractivity contribution >= 4 is 73.7 Å². The average Bonchev–Trinajstić information content (AvgIpc) is 2.03. The minimum atomic E-state index is -0.514. The molecular formula is C8H5I3O2. The van der Waals surface area contributed by atoms with Gasteiger partial charge in [-0.1, -0.05) is 18.2 Å². The Labute approximate surface area is 117 Å². The van der Waals surface area contributed by atoms with Gasteiger partial charge in [-0.3, -0.25) is 0 Å². The lowest BCUT2D eigenvalue weighted by Crippen LogP contribution is -2.13. The number of ether oxygens (including phenoxy) is 1. The topological polar surface area (TPSA) is 26.3 Å². The van der Waals surface area contributed by atoms with Crippen LogP contribution in [0.1, 0.15) is 10.4 Å². The van der Waals surface area contributed by atoms with Crippen molar-refractivity contribution in [1.82, 2.24) is 0 Å². The van der Waals surface area contributed by atoms with Crippen LogP contribution in [0.25, 0.3) is 0 Å². The Morgan fingerprint density at radius 1 is 1.15 bits per heavy atom. The molecule has 5 heteroatoms. The summed E-state index contributed by atoms with van der Waals surface area (Å²) in [5.41, 5.74) is 0.580. The van der Waals surface area contributed by atoms with E-state index in [1.165, 1.54) is 0 Å². The van der Waals surface area contributed by atoms with Crippen molar-refractivity contribution in [3.63, 3.8) is 0 Å². The molecule has 0 heterocycles. The van der Waals surface area contributed by atoms with Crippen LogP contribution in [-0.2, 0) is 4.74 Å². The van der Waals surface area contributed by atoms with Crippen molar-refractivity contribution in [2.24, 2.45) is 0 Å². The molecule has 0 fully saturated rings. The Morgan fingerprint density at radius 3 is 2.15 bits per heavy atom. The van der Waals surface area contributed by atoms with Gasteiger partial charge in [-0.05, 0) is 79.9 Å². The SMILES string of the molecule is O=C(OC(I)(I)I)c1ccccc1. The quantitative estimate of drug-likeness (QED) is 0.342. The van der Waals surface area contributed by atoms with Crippen LogP contribution in [0, 0.1) is 0 Å². The van der Waals surface area contributed by atoms with E-state index in [4.69, 9.17) is 4.74 Å². The van der Waals surface area contributed by atoms with Gasteiger partial charge in [-0.15, -0.1) is 0 Å². The van der Waals surface area contributed by atoms with E-state index in [1.807, 2.05) is 86.0 Å². The first-order chi connectivity index (χ1) is 5.99. The van der Waals surface area contributed by atoms with Gasteiger partial charge in [-0.25, -0.2) is 4.79 Å². The van der Waals surface area contributed by atoms with E-state index < -0.39 is -0.379 Å². The van der Waals surface area contributed by atoms with Gasteiger partial charge in [0.15, 0.2) is 0 Å². The van der Waals surface area contributed by atoms with Gasteiger partial charge >= 0.3 is 5.97 Å². The molecule has 1 rings (SSSR count). The van der Waals surface area contributed by atoms with Gasteiger partial charge in [0, 0.05) is 0 Å². The maximum Gasteiger partial charge on any atom is 0.340 e. The van der Waals surface area contributed by atoms with Crippen LogP contribution >= 0.6 is 67.8 Å². The van der Waals surface area contributed by atoms with Crippen LogP contribution in [0.2, 0.25) is 0 Å². The Balaban J connectivity index is 2.71. The number of rotatable bonds is 2. The van der Waals surface area contributed by atoms with Crippen LogP contribution < -0.4 is 0 Å². The predicted octanol–water partition coefficient (Wildman–Crippen LogP) is 3.76. The molecule has 0 saturated carbocycles. The normalized spacial score (nSPS) is 11.0. The van der Waals surface area contributed by atoms with Gasteiger partial charge in [0.25, 0.3) is -0.379 Å². The Hall–Kier alpha value is 0.880. The molecule has 70 valence electrons. The van der Waals surface area contributed by atoms with Gasteiger partial charge in [0.1, 0.15) is 0 Å². The van der Waals surface area contributed by atoms with Crippen LogP contribution in [0.4, 0.5) is 0 Å². The molecule has 0 aliphatic heterocycles. The zero-order valence-electron chi connectivity index (χ0n) is 6.34. The second-order valence-corrected chi connectivity index (χ2v) is 13.0. The predicted molar refractivity (Wildman–Crippen MR) is 76.6 cm³/mol. The van der Waals surface area contributed by atoms with Gasteiger partial charge in [-0.2, -0.15) is 0 Å². The average molecular weight is 514 g/mol. The van der Waals surface area contributed by atoms with E-state index in [9.17, 15) is 4.79 Å². The van der Waals surface area contributed by atoms with E-state index in [-0.39, 0.29) is 5.97 Å². The minimum Gasteiger partial charge on any atom is -0.426 e. The number of carbonyl (C=O) groups excluding carboxylic acids is 1. The van der Waals surface area contributed by atoms with Crippen molar-refractivity contribution in [2.75, 3.05) is 0 Å². The van der Waals surface area contributed by atoms with E-state index >= 15 is 0 Å². The first-order valence-electron chi connectivity index (χ1n) is 3.34. The van der Waals surface area contributed by atoms with Crippen molar-refractivity contribution in [3.8, 4) is 0 Å². The second-order valence-electron chi connectivity index (χ2n) is 2.20. The molecule has 0 spiro atoms. The Morgan fingerprint density at radius 2 is 1.69 bits per heavy atom. The molecule has 0 aliphatic rings. The first-order valence-corrected chi connectivity index (χ1v) is 6.58. The molecule has 0 radical (unpaired) electrons. The number of esters is 1. The van der Waals surface area contributed by atoms with E-state index in [2.05, 4.69) is 0 Å². The molecule has 13 heavy (non-hydrogen) atoms. The highest BCUT2D eigenvalue weighted by Crippen LogP contribution is 2.37. The summed E-state index contributed by atoms with van der Waals surface area (Å²) in [6.07, 6.45) is 0. The summed E-state index contributed by atoms with van der Waals surface area (Å²) in [7, 11) is 0. The highest BCUT2D eigenvalue weighted by atomic mass is 127. The standard InChI is InChI=1S/C8H5I3O2/c9-8(10,11)13-7(12)6-4-2-1-3-5-6/h1-5H. The summed E-state index contributed by atoms with van der Waals surface area (Å²) in [4.78, 5) is 11.4. The zero-order chi connectivity index (χ0) is 9.90. The Kier molecular flexibility index (Phi) is 4.69. The lowest BCUT2D eigenvalue weighted by molar-refractivity contribution is 0.0562. The summed E-state index contributed by atoms with van der Waals surface area (Å²) in [6, 6.07) is 8.95. The zero-order valence-corrected chi connectivity index (χ0v) is 12.8. The molecule has 1 aromatic carbocycles. The number of benzene rings is 1. The van der Waals surface area contributed by atoms with E-state index in [0.717, 1.165) is 0 Å².